The van der Waals surface area contributed by atoms with Gasteiger partial charge in [0.25, 0.3) is 0 Å². The first kappa shape index (κ1) is 16.4. The van der Waals surface area contributed by atoms with Crippen LogP contribution in [0, 0.1) is 17.3 Å². The highest BCUT2D eigenvalue weighted by molar-refractivity contribution is 5.77. The zero-order chi connectivity index (χ0) is 13.5. The highest BCUT2D eigenvalue weighted by Crippen LogP contribution is 2.33. The molecule has 2 N–H and O–H groups in total. The third-order valence-corrected chi connectivity index (χ3v) is 3.10. The molecule has 0 rings (SSSR count). The van der Waals surface area contributed by atoms with Crippen molar-refractivity contribution < 1.29 is 9.53 Å². The van der Waals surface area contributed by atoms with E-state index in [1.807, 2.05) is 6.92 Å². The van der Waals surface area contributed by atoms with Crippen LogP contribution in [0.2, 0.25) is 0 Å². The lowest BCUT2D eigenvalue weighted by atomic mass is 9.75. The van der Waals surface area contributed by atoms with Gasteiger partial charge in [-0.3, -0.25) is 4.79 Å². The van der Waals surface area contributed by atoms with E-state index in [0.717, 1.165) is 19.3 Å². The Bertz CT molecular complexity index is 226. The fraction of sp³-hybridized carbons (Fsp3) is 0.929. The van der Waals surface area contributed by atoms with Gasteiger partial charge in [0.1, 0.15) is 0 Å². The number of carbonyl (C=O) groups is 1. The molecule has 3 heteroatoms. The molecule has 0 bridgehead atoms. The normalized spacial score (nSPS) is 15.1. The van der Waals surface area contributed by atoms with Gasteiger partial charge in [-0.05, 0) is 38.0 Å². The summed E-state index contributed by atoms with van der Waals surface area (Å²) >= 11 is 0. The first-order valence-electron chi connectivity index (χ1n) is 6.75. The zero-order valence-corrected chi connectivity index (χ0v) is 12.1. The summed E-state index contributed by atoms with van der Waals surface area (Å²) in [5, 5.41) is 0. The summed E-state index contributed by atoms with van der Waals surface area (Å²) in [6.07, 6.45) is 2.66. The maximum Gasteiger partial charge on any atom is 0.313 e. The Morgan fingerprint density at radius 1 is 1.24 bits per heavy atom. The lowest BCUT2D eigenvalue weighted by molar-refractivity contribution is -0.156. The first-order valence-corrected chi connectivity index (χ1v) is 6.75. The van der Waals surface area contributed by atoms with Crippen molar-refractivity contribution >= 4 is 5.97 Å². The Labute approximate surface area is 106 Å². The molecule has 0 spiro atoms. The molecule has 0 aliphatic rings. The van der Waals surface area contributed by atoms with Crippen molar-refractivity contribution in [2.24, 2.45) is 23.0 Å². The highest BCUT2D eigenvalue weighted by atomic mass is 16.5. The molecule has 3 nitrogen and oxygen atoms in total. The monoisotopic (exact) mass is 243 g/mol. The molecule has 1 unspecified atom stereocenters. The number of ether oxygens (including phenoxy) is 1. The van der Waals surface area contributed by atoms with Crippen LogP contribution in [0.5, 0.6) is 0 Å². The SMILES string of the molecule is CCOC(=O)C(CN)(CCC(C)C)CC(C)C. The Hall–Kier alpha value is -0.570. The van der Waals surface area contributed by atoms with Gasteiger partial charge in [-0.15, -0.1) is 0 Å². The quantitative estimate of drug-likeness (QED) is 0.667. The average Bonchev–Trinajstić information content (AvgIpc) is 2.23. The minimum Gasteiger partial charge on any atom is -0.466 e. The minimum absolute atomic E-state index is 0.114. The molecule has 0 aromatic rings. The van der Waals surface area contributed by atoms with Gasteiger partial charge in [-0.25, -0.2) is 0 Å². The Balaban J connectivity index is 4.79. The molecule has 17 heavy (non-hydrogen) atoms. The molecular weight excluding hydrogens is 214 g/mol. The molecule has 0 heterocycles. The van der Waals surface area contributed by atoms with E-state index in [1.165, 1.54) is 0 Å². The van der Waals surface area contributed by atoms with Crippen LogP contribution < -0.4 is 5.73 Å². The second-order valence-electron chi connectivity index (χ2n) is 5.74. The summed E-state index contributed by atoms with van der Waals surface area (Å²) in [6.45, 7) is 11.2. The fourth-order valence-electron chi connectivity index (χ4n) is 2.19. The van der Waals surface area contributed by atoms with Crippen LogP contribution in [0.15, 0.2) is 0 Å². The lowest BCUT2D eigenvalue weighted by Crippen LogP contribution is -2.41. The molecule has 0 saturated heterocycles. The Morgan fingerprint density at radius 2 is 1.82 bits per heavy atom. The molecule has 1 atom stereocenters. The number of nitrogens with two attached hydrogens (primary N) is 1. The van der Waals surface area contributed by atoms with E-state index in [-0.39, 0.29) is 5.97 Å². The van der Waals surface area contributed by atoms with Crippen molar-refractivity contribution in [1.82, 2.24) is 0 Å². The van der Waals surface area contributed by atoms with E-state index in [0.29, 0.717) is 25.0 Å². The molecule has 102 valence electrons. The smallest absolute Gasteiger partial charge is 0.313 e. The van der Waals surface area contributed by atoms with Crippen LogP contribution >= 0.6 is 0 Å². The summed E-state index contributed by atoms with van der Waals surface area (Å²) in [4.78, 5) is 12.1. The van der Waals surface area contributed by atoms with Gasteiger partial charge in [0.15, 0.2) is 0 Å². The van der Waals surface area contributed by atoms with Crippen molar-refractivity contribution in [1.29, 1.82) is 0 Å². The Morgan fingerprint density at radius 3 is 2.18 bits per heavy atom. The van der Waals surface area contributed by atoms with Gasteiger partial charge in [0.2, 0.25) is 0 Å². The van der Waals surface area contributed by atoms with Crippen molar-refractivity contribution in [3.05, 3.63) is 0 Å². The summed E-state index contributed by atoms with van der Waals surface area (Å²) < 4.78 is 5.21. The van der Waals surface area contributed by atoms with Crippen molar-refractivity contribution in [2.45, 2.75) is 53.9 Å². The van der Waals surface area contributed by atoms with Gasteiger partial charge in [0, 0.05) is 6.54 Å². The summed E-state index contributed by atoms with van der Waals surface area (Å²) in [5.74, 6) is 0.925. The second-order valence-corrected chi connectivity index (χ2v) is 5.74. The second kappa shape index (κ2) is 7.70. The summed E-state index contributed by atoms with van der Waals surface area (Å²) in [6, 6.07) is 0. The largest absolute Gasteiger partial charge is 0.466 e. The lowest BCUT2D eigenvalue weighted by Gasteiger charge is -2.32. The van der Waals surface area contributed by atoms with E-state index in [2.05, 4.69) is 27.7 Å². The molecule has 0 aliphatic carbocycles. The van der Waals surface area contributed by atoms with E-state index >= 15 is 0 Å². The average molecular weight is 243 g/mol. The standard InChI is InChI=1S/C14H29NO2/c1-6-17-13(16)14(10-15,9-12(4)5)8-7-11(2)3/h11-12H,6-10,15H2,1-5H3. The van der Waals surface area contributed by atoms with Gasteiger partial charge in [-0.1, -0.05) is 27.7 Å². The third-order valence-electron chi connectivity index (χ3n) is 3.10. The maximum absolute atomic E-state index is 12.1. The maximum atomic E-state index is 12.1. The molecule has 0 aromatic heterocycles. The Kier molecular flexibility index (Phi) is 7.44. The summed E-state index contributed by atoms with van der Waals surface area (Å²) in [7, 11) is 0. The number of carbonyl (C=O) groups excluding carboxylic acids is 1. The predicted molar refractivity (Wildman–Crippen MR) is 71.6 cm³/mol. The molecule has 0 amide bonds. The van der Waals surface area contributed by atoms with Crippen LogP contribution in [0.25, 0.3) is 0 Å². The highest BCUT2D eigenvalue weighted by Gasteiger charge is 2.38. The van der Waals surface area contributed by atoms with Gasteiger partial charge in [-0.2, -0.15) is 0 Å². The number of esters is 1. The number of hydrogen-bond donors (Lipinski definition) is 1. The zero-order valence-electron chi connectivity index (χ0n) is 12.1. The van der Waals surface area contributed by atoms with Crippen LogP contribution in [0.1, 0.15) is 53.9 Å². The van der Waals surface area contributed by atoms with Crippen LogP contribution in [0.4, 0.5) is 0 Å². The fourth-order valence-corrected chi connectivity index (χ4v) is 2.19. The van der Waals surface area contributed by atoms with Crippen molar-refractivity contribution in [3.8, 4) is 0 Å². The van der Waals surface area contributed by atoms with Crippen LogP contribution in [-0.4, -0.2) is 19.1 Å². The van der Waals surface area contributed by atoms with Crippen LogP contribution in [-0.2, 0) is 9.53 Å². The molecular formula is C14H29NO2. The van der Waals surface area contributed by atoms with E-state index < -0.39 is 5.41 Å². The third kappa shape index (κ3) is 5.53. The molecule has 0 saturated carbocycles. The topological polar surface area (TPSA) is 52.3 Å². The summed E-state index contributed by atoms with van der Waals surface area (Å²) in [5.41, 5.74) is 5.39. The minimum atomic E-state index is -0.478. The van der Waals surface area contributed by atoms with E-state index in [1.54, 1.807) is 0 Å². The molecule has 0 aliphatic heterocycles. The van der Waals surface area contributed by atoms with Gasteiger partial charge < -0.3 is 10.5 Å². The van der Waals surface area contributed by atoms with Gasteiger partial charge in [0.05, 0.1) is 12.0 Å². The first-order chi connectivity index (χ1) is 7.88. The molecule has 0 fully saturated rings. The number of rotatable bonds is 8. The van der Waals surface area contributed by atoms with E-state index in [9.17, 15) is 4.79 Å². The molecule has 0 aromatic carbocycles. The van der Waals surface area contributed by atoms with E-state index in [4.69, 9.17) is 10.5 Å². The predicted octanol–water partition coefficient (Wildman–Crippen LogP) is 2.98. The van der Waals surface area contributed by atoms with Crippen molar-refractivity contribution in [3.63, 3.8) is 0 Å². The molecule has 0 radical (unpaired) electrons. The van der Waals surface area contributed by atoms with Crippen LogP contribution in [0.3, 0.4) is 0 Å². The van der Waals surface area contributed by atoms with Gasteiger partial charge >= 0.3 is 5.97 Å². The van der Waals surface area contributed by atoms with Crippen molar-refractivity contribution in [2.75, 3.05) is 13.2 Å². The number of hydrogen-bond acceptors (Lipinski definition) is 3.